The van der Waals surface area contributed by atoms with Crippen molar-refractivity contribution in [2.45, 2.75) is 12.8 Å². The maximum Gasteiger partial charge on any atom is 0.215 e. The summed E-state index contributed by atoms with van der Waals surface area (Å²) in [5.74, 6) is 2.12. The van der Waals surface area contributed by atoms with E-state index < -0.39 is 0 Å². The molecule has 4 heteroatoms. The van der Waals surface area contributed by atoms with E-state index >= 15 is 0 Å². The van der Waals surface area contributed by atoms with E-state index in [2.05, 4.69) is 9.69 Å². The van der Waals surface area contributed by atoms with Crippen LogP contribution in [0.25, 0.3) is 9.69 Å². The van der Waals surface area contributed by atoms with E-state index in [1.165, 1.54) is 0 Å². The lowest BCUT2D eigenvalue weighted by Gasteiger charge is -1.94. The third kappa shape index (κ3) is 9.68. The topological polar surface area (TPSA) is 8.72 Å². The van der Waals surface area contributed by atoms with Crippen LogP contribution in [0.4, 0.5) is 0 Å². The maximum atomic E-state index is 6.55. The van der Waals surface area contributed by atoms with Crippen molar-refractivity contribution >= 4 is 21.6 Å². The number of hydrogen-bond acceptors (Lipinski definition) is 2. The van der Waals surface area contributed by atoms with Gasteiger partial charge in [0.2, 0.25) is 13.1 Å². The Balaban J connectivity index is 2.84. The van der Waals surface area contributed by atoms with E-state index in [1.54, 1.807) is 0 Å². The zero-order chi connectivity index (χ0) is 9.07. The summed E-state index contributed by atoms with van der Waals surface area (Å²) >= 11 is 0. The third-order valence-electron chi connectivity index (χ3n) is 1.08. The molecule has 0 unspecified atom stereocenters. The molecule has 0 aromatic heterocycles. The Labute approximate surface area is 82.1 Å². The Morgan fingerprint density at radius 1 is 0.833 bits per heavy atom. The van der Waals surface area contributed by atoms with E-state index in [1.807, 2.05) is 21.6 Å². The van der Waals surface area contributed by atoms with Crippen molar-refractivity contribution < 1.29 is 0 Å². The normalized spacial score (nSPS) is 8.83. The predicted molar refractivity (Wildman–Crippen MR) is 57.1 cm³/mol. The average Bonchev–Trinajstić information content (AvgIpc) is 2.10. The van der Waals surface area contributed by atoms with Crippen LogP contribution in [0, 0.1) is 13.1 Å². The molecule has 0 fully saturated rings. The lowest BCUT2D eigenvalue weighted by Crippen LogP contribution is -1.82. The molecule has 0 bridgehead atoms. The minimum Gasteiger partial charge on any atom is -0.317 e. The smallest absolute Gasteiger partial charge is 0.215 e. The largest absolute Gasteiger partial charge is 0.317 e. The van der Waals surface area contributed by atoms with Crippen molar-refractivity contribution in [3.63, 3.8) is 0 Å². The zero-order valence-corrected chi connectivity index (χ0v) is 8.59. The van der Waals surface area contributed by atoms with Crippen molar-refractivity contribution in [1.29, 1.82) is 0 Å². The molecule has 2 nitrogen and oxygen atoms in total. The van der Waals surface area contributed by atoms with Crippen LogP contribution in [0.2, 0.25) is 0 Å². The lowest BCUT2D eigenvalue weighted by molar-refractivity contribution is 1.05. The van der Waals surface area contributed by atoms with Crippen molar-refractivity contribution in [2.75, 3.05) is 24.6 Å². The van der Waals surface area contributed by atoms with Gasteiger partial charge in [0.1, 0.15) is 0 Å². The SMILES string of the molecule is [C-]#[N+]CCCSSCCC[N+]#[C-]. The zero-order valence-electron chi connectivity index (χ0n) is 6.95. The fourth-order valence-electron chi connectivity index (χ4n) is 0.523. The van der Waals surface area contributed by atoms with Crippen LogP contribution in [0.3, 0.4) is 0 Å². The van der Waals surface area contributed by atoms with E-state index in [-0.39, 0.29) is 0 Å². The molecule has 0 aromatic rings. The van der Waals surface area contributed by atoms with Gasteiger partial charge in [-0.3, -0.25) is 0 Å². The number of rotatable bonds is 7. The van der Waals surface area contributed by atoms with Gasteiger partial charge in [-0.05, 0) is 0 Å². The Bertz CT molecular complexity index is 149. The van der Waals surface area contributed by atoms with Gasteiger partial charge in [-0.15, -0.1) is 0 Å². The highest BCUT2D eigenvalue weighted by atomic mass is 33.1. The number of hydrogen-bond donors (Lipinski definition) is 0. The molecule has 0 atom stereocenters. The van der Waals surface area contributed by atoms with E-state index in [9.17, 15) is 0 Å². The van der Waals surface area contributed by atoms with Crippen molar-refractivity contribution in [3.8, 4) is 0 Å². The van der Waals surface area contributed by atoms with Crippen LogP contribution in [0.5, 0.6) is 0 Å². The second-order valence-corrected chi connectivity index (χ2v) is 4.82. The molecular weight excluding hydrogens is 188 g/mol. The van der Waals surface area contributed by atoms with Gasteiger partial charge in [-0.2, -0.15) is 0 Å². The lowest BCUT2D eigenvalue weighted by atomic mass is 10.5. The summed E-state index contributed by atoms with van der Waals surface area (Å²) in [4.78, 5) is 6.54. The Hall–Kier alpha value is -0.320. The minimum absolute atomic E-state index is 0.648. The monoisotopic (exact) mass is 200 g/mol. The molecule has 66 valence electrons. The molecule has 0 amide bonds. The van der Waals surface area contributed by atoms with E-state index in [0.29, 0.717) is 13.1 Å². The van der Waals surface area contributed by atoms with Crippen LogP contribution in [-0.2, 0) is 0 Å². The highest BCUT2D eigenvalue weighted by Gasteiger charge is 1.93. The van der Waals surface area contributed by atoms with Crippen molar-refractivity contribution in [1.82, 2.24) is 0 Å². The van der Waals surface area contributed by atoms with Crippen LogP contribution in [0.15, 0.2) is 0 Å². The summed E-state index contributed by atoms with van der Waals surface area (Å²) in [6, 6.07) is 0. The van der Waals surface area contributed by atoms with Gasteiger partial charge in [-0.25, -0.2) is 13.1 Å². The summed E-state index contributed by atoms with van der Waals surface area (Å²) in [6.07, 6.45) is 1.98. The van der Waals surface area contributed by atoms with E-state index in [0.717, 1.165) is 24.3 Å². The molecule has 0 radical (unpaired) electrons. The van der Waals surface area contributed by atoms with Gasteiger partial charge in [0.15, 0.2) is 0 Å². The molecule has 0 rings (SSSR count). The Morgan fingerprint density at radius 2 is 1.25 bits per heavy atom. The molecule has 0 aliphatic carbocycles. The number of nitrogens with zero attached hydrogens (tertiary/aromatic N) is 2. The molecule has 0 saturated heterocycles. The van der Waals surface area contributed by atoms with Crippen molar-refractivity contribution in [2.24, 2.45) is 0 Å². The molecule has 0 aliphatic heterocycles. The van der Waals surface area contributed by atoms with E-state index in [4.69, 9.17) is 13.1 Å². The summed E-state index contributed by atoms with van der Waals surface area (Å²) in [5.41, 5.74) is 0. The second kappa shape index (κ2) is 10.7. The summed E-state index contributed by atoms with van der Waals surface area (Å²) in [6.45, 7) is 14.4. The fraction of sp³-hybridized carbons (Fsp3) is 0.750. The van der Waals surface area contributed by atoms with Gasteiger partial charge < -0.3 is 9.69 Å². The maximum absolute atomic E-state index is 6.55. The predicted octanol–water partition coefficient (Wildman–Crippen LogP) is 2.99. The average molecular weight is 200 g/mol. The Kier molecular flexibility index (Phi) is 10.4. The van der Waals surface area contributed by atoms with Gasteiger partial charge in [-0.1, -0.05) is 21.6 Å². The first-order chi connectivity index (χ1) is 5.91. The first-order valence-electron chi connectivity index (χ1n) is 3.82. The highest BCUT2D eigenvalue weighted by molar-refractivity contribution is 8.76. The van der Waals surface area contributed by atoms with Gasteiger partial charge in [0.05, 0.1) is 0 Å². The highest BCUT2D eigenvalue weighted by Crippen LogP contribution is 2.22. The molecule has 0 saturated carbocycles. The van der Waals surface area contributed by atoms with Crippen LogP contribution in [0.1, 0.15) is 12.8 Å². The third-order valence-corrected chi connectivity index (χ3v) is 3.66. The molecular formula is C8H12N2S2. The van der Waals surface area contributed by atoms with Gasteiger partial charge >= 0.3 is 0 Å². The minimum atomic E-state index is 0.648. The first-order valence-corrected chi connectivity index (χ1v) is 6.31. The molecule has 0 N–H and O–H groups in total. The molecule has 0 spiro atoms. The summed E-state index contributed by atoms with van der Waals surface area (Å²) in [7, 11) is 3.63. The molecule has 0 aromatic carbocycles. The van der Waals surface area contributed by atoms with Gasteiger partial charge in [0, 0.05) is 24.3 Å². The summed E-state index contributed by atoms with van der Waals surface area (Å²) in [5, 5.41) is 0. The molecule has 0 heterocycles. The standard InChI is InChI=1S/C8H12N2S2/c1-9-5-3-7-11-12-8-4-6-10-2/h3-8H2. The van der Waals surface area contributed by atoms with Crippen LogP contribution >= 0.6 is 21.6 Å². The summed E-state index contributed by atoms with van der Waals surface area (Å²) < 4.78 is 0. The second-order valence-electron chi connectivity index (χ2n) is 2.11. The fourth-order valence-corrected chi connectivity index (χ4v) is 2.67. The van der Waals surface area contributed by atoms with Gasteiger partial charge in [0.25, 0.3) is 0 Å². The van der Waals surface area contributed by atoms with Crippen LogP contribution in [-0.4, -0.2) is 24.6 Å². The quantitative estimate of drug-likeness (QED) is 0.355. The van der Waals surface area contributed by atoms with Crippen LogP contribution < -0.4 is 0 Å². The molecule has 12 heavy (non-hydrogen) atoms. The molecule has 0 aliphatic rings. The Morgan fingerprint density at radius 3 is 1.58 bits per heavy atom. The van der Waals surface area contributed by atoms with Crippen molar-refractivity contribution in [3.05, 3.63) is 22.8 Å². The first kappa shape index (κ1) is 11.7.